The molecular weight excluding hydrogens is 414 g/mol. The van der Waals surface area contributed by atoms with Crippen molar-refractivity contribution in [2.45, 2.75) is 44.4 Å². The van der Waals surface area contributed by atoms with Gasteiger partial charge in [0.2, 0.25) is 0 Å². The van der Waals surface area contributed by atoms with Crippen LogP contribution in [0.15, 0.2) is 52.5 Å². The molecule has 2 aromatic rings. The highest BCUT2D eigenvalue weighted by molar-refractivity contribution is 7.90. The van der Waals surface area contributed by atoms with E-state index in [1.807, 2.05) is 13.8 Å². The highest BCUT2D eigenvalue weighted by Crippen LogP contribution is 2.18. The smallest absolute Gasteiger partial charge is 0.262 e. The summed E-state index contributed by atoms with van der Waals surface area (Å²) in [5.41, 5.74) is 0.790. The first-order valence-corrected chi connectivity index (χ1v) is 12.1. The summed E-state index contributed by atoms with van der Waals surface area (Å²) in [5, 5.41) is 2.75. The summed E-state index contributed by atoms with van der Waals surface area (Å²) >= 11 is 0. The Kier molecular flexibility index (Phi) is 7.62. The van der Waals surface area contributed by atoms with Crippen LogP contribution in [-0.2, 0) is 10.0 Å². The van der Waals surface area contributed by atoms with Crippen LogP contribution in [0.2, 0.25) is 0 Å². The minimum Gasteiger partial charge on any atom is -0.357 e. The molecule has 3 rings (SSSR count). The van der Waals surface area contributed by atoms with E-state index in [4.69, 9.17) is 0 Å². The molecule has 0 aliphatic carbocycles. The monoisotopic (exact) mass is 443 g/mol. The van der Waals surface area contributed by atoms with Crippen LogP contribution in [0, 0.1) is 0 Å². The highest BCUT2D eigenvalue weighted by Gasteiger charge is 2.18. The normalized spacial score (nSPS) is 14.3. The average Bonchev–Trinajstić information content (AvgIpc) is 3.03. The van der Waals surface area contributed by atoms with Crippen LogP contribution in [0.3, 0.4) is 0 Å². The van der Waals surface area contributed by atoms with Crippen molar-refractivity contribution in [1.82, 2.24) is 9.71 Å². The lowest BCUT2D eigenvalue weighted by Gasteiger charge is -2.19. The van der Waals surface area contributed by atoms with E-state index in [2.05, 4.69) is 24.9 Å². The Hall–Kier alpha value is -2.94. The van der Waals surface area contributed by atoms with E-state index in [0.29, 0.717) is 30.1 Å². The number of nitrogens with zero attached hydrogens (tertiary/aromatic N) is 3. The molecule has 1 aliphatic heterocycles. The topological polar surface area (TPSA) is 104 Å². The summed E-state index contributed by atoms with van der Waals surface area (Å²) in [7, 11) is -3.77. The third kappa shape index (κ3) is 6.04. The quantitative estimate of drug-likeness (QED) is 0.682. The van der Waals surface area contributed by atoms with Gasteiger partial charge in [0.05, 0.1) is 10.5 Å². The lowest BCUT2D eigenvalue weighted by atomic mass is 10.2. The fourth-order valence-electron chi connectivity index (χ4n) is 3.37. The van der Waals surface area contributed by atoms with Crippen molar-refractivity contribution in [1.29, 1.82) is 0 Å². The molecule has 2 heterocycles. The Morgan fingerprint density at radius 3 is 2.61 bits per heavy atom. The summed E-state index contributed by atoms with van der Waals surface area (Å²) in [6.45, 7) is 6.39. The molecule has 9 heteroatoms. The van der Waals surface area contributed by atoms with Gasteiger partial charge in [-0.2, -0.15) is 0 Å². The first-order valence-electron chi connectivity index (χ1n) is 10.6. The predicted octanol–water partition coefficient (Wildman–Crippen LogP) is 3.43. The lowest BCUT2D eigenvalue weighted by molar-refractivity contribution is 0.102. The molecule has 1 amide bonds. The van der Waals surface area contributed by atoms with Gasteiger partial charge in [0, 0.05) is 37.9 Å². The molecule has 0 radical (unpaired) electrons. The molecule has 0 saturated heterocycles. The van der Waals surface area contributed by atoms with Crippen LogP contribution in [0.25, 0.3) is 0 Å². The number of sulfonamides is 1. The van der Waals surface area contributed by atoms with Crippen LogP contribution in [0.1, 0.15) is 49.9 Å². The maximum absolute atomic E-state index is 12.8. The van der Waals surface area contributed by atoms with Gasteiger partial charge in [0.25, 0.3) is 15.9 Å². The summed E-state index contributed by atoms with van der Waals surface area (Å²) < 4.78 is 28.1. The maximum Gasteiger partial charge on any atom is 0.262 e. The molecule has 1 aliphatic rings. The number of rotatable bonds is 7. The second-order valence-electron chi connectivity index (χ2n) is 7.30. The fraction of sp³-hybridized carbons (Fsp3) is 0.409. The van der Waals surface area contributed by atoms with Gasteiger partial charge in [0.1, 0.15) is 11.7 Å². The van der Waals surface area contributed by atoms with E-state index < -0.39 is 10.0 Å². The number of benzene rings is 1. The zero-order valence-corrected chi connectivity index (χ0v) is 18.8. The first-order chi connectivity index (χ1) is 14.9. The van der Waals surface area contributed by atoms with Gasteiger partial charge in [0.15, 0.2) is 0 Å². The number of amidine groups is 1. The number of nitrogens with one attached hydrogen (secondary N) is 2. The van der Waals surface area contributed by atoms with E-state index in [9.17, 15) is 13.2 Å². The molecule has 0 unspecified atom stereocenters. The second-order valence-corrected chi connectivity index (χ2v) is 8.99. The van der Waals surface area contributed by atoms with Crippen molar-refractivity contribution in [3.05, 3.63) is 48.2 Å². The van der Waals surface area contributed by atoms with Gasteiger partial charge in [-0.15, -0.1) is 0 Å². The van der Waals surface area contributed by atoms with E-state index in [0.717, 1.165) is 38.2 Å². The van der Waals surface area contributed by atoms with Gasteiger partial charge in [-0.25, -0.2) is 13.4 Å². The molecule has 0 spiro atoms. The van der Waals surface area contributed by atoms with Crippen molar-refractivity contribution < 1.29 is 13.2 Å². The number of aromatic nitrogens is 1. The Balaban J connectivity index is 1.71. The molecular formula is C22H29N5O3S. The summed E-state index contributed by atoms with van der Waals surface area (Å²) in [6, 6.07) is 9.70. The second kappa shape index (κ2) is 10.4. The Labute approximate surface area is 183 Å². The van der Waals surface area contributed by atoms with Gasteiger partial charge < -0.3 is 10.2 Å². The fourth-order valence-corrected chi connectivity index (χ4v) is 4.51. The van der Waals surface area contributed by atoms with Crippen LogP contribution in [-0.4, -0.2) is 44.8 Å². The number of carbonyl (C=O) groups excluding carboxylic acids is 1. The molecule has 1 aromatic heterocycles. The third-order valence-corrected chi connectivity index (χ3v) is 6.51. The summed E-state index contributed by atoms with van der Waals surface area (Å²) in [4.78, 5) is 23.4. The number of hydrogen-bond donors (Lipinski definition) is 2. The van der Waals surface area contributed by atoms with Crippen LogP contribution >= 0.6 is 0 Å². The molecule has 0 bridgehead atoms. The number of anilines is 2. The van der Waals surface area contributed by atoms with Crippen molar-refractivity contribution >= 4 is 33.3 Å². The van der Waals surface area contributed by atoms with Crippen LogP contribution in [0.4, 0.5) is 11.5 Å². The summed E-state index contributed by atoms with van der Waals surface area (Å²) in [5.74, 6) is 0.947. The van der Waals surface area contributed by atoms with Gasteiger partial charge in [-0.1, -0.05) is 12.5 Å². The summed E-state index contributed by atoms with van der Waals surface area (Å²) in [6.07, 6.45) is 5.07. The van der Waals surface area contributed by atoms with Gasteiger partial charge in [-0.05, 0) is 57.0 Å². The van der Waals surface area contributed by atoms with E-state index in [1.54, 1.807) is 24.3 Å². The molecule has 8 nitrogen and oxygen atoms in total. The Morgan fingerprint density at radius 1 is 1.10 bits per heavy atom. The van der Waals surface area contributed by atoms with Crippen molar-refractivity contribution in [3.63, 3.8) is 0 Å². The molecule has 166 valence electrons. The zero-order valence-electron chi connectivity index (χ0n) is 18.0. The average molecular weight is 444 g/mol. The highest BCUT2D eigenvalue weighted by atomic mass is 32.2. The molecule has 1 aromatic carbocycles. The number of hydrogen-bond acceptors (Lipinski definition) is 6. The van der Waals surface area contributed by atoms with E-state index >= 15 is 0 Å². The predicted molar refractivity (Wildman–Crippen MR) is 123 cm³/mol. The SMILES string of the molecule is CCN(CC)c1ccc(C(=O)Nc2cccc(S(=O)(=O)NC3=NCCCCC3)c2)cn1. The molecule has 0 fully saturated rings. The van der Waals surface area contributed by atoms with Crippen LogP contribution in [0.5, 0.6) is 0 Å². The van der Waals surface area contributed by atoms with Gasteiger partial charge in [-0.3, -0.25) is 14.5 Å². The molecule has 31 heavy (non-hydrogen) atoms. The number of pyridine rings is 1. The maximum atomic E-state index is 12.8. The van der Waals surface area contributed by atoms with E-state index in [-0.39, 0.29) is 10.8 Å². The minimum atomic E-state index is -3.77. The molecule has 2 N–H and O–H groups in total. The van der Waals surface area contributed by atoms with Gasteiger partial charge >= 0.3 is 0 Å². The van der Waals surface area contributed by atoms with Crippen molar-refractivity contribution in [3.8, 4) is 0 Å². The first kappa shape index (κ1) is 22.7. The Morgan fingerprint density at radius 2 is 1.90 bits per heavy atom. The molecule has 0 saturated carbocycles. The van der Waals surface area contributed by atoms with Crippen molar-refractivity contribution in [2.75, 3.05) is 29.9 Å². The zero-order chi connectivity index (χ0) is 22.3. The van der Waals surface area contributed by atoms with E-state index in [1.165, 1.54) is 18.3 Å². The number of amides is 1. The largest absolute Gasteiger partial charge is 0.357 e. The van der Waals surface area contributed by atoms with Crippen molar-refractivity contribution in [2.24, 2.45) is 4.99 Å². The molecule has 0 atom stereocenters. The lowest BCUT2D eigenvalue weighted by Crippen LogP contribution is -2.30. The number of aliphatic imine (C=N–C) groups is 1. The Bertz CT molecular complexity index is 1030. The standard InChI is InChI=1S/C22H29N5O3S/c1-3-27(4-2)21-13-12-17(16-24-21)22(28)25-18-9-8-10-19(15-18)31(29,30)26-20-11-6-5-7-14-23-20/h8-10,12-13,15-16H,3-7,11,14H2,1-2H3,(H,23,26)(H,25,28). The number of carbonyl (C=O) groups is 1. The minimum absolute atomic E-state index is 0.0762. The third-order valence-electron chi connectivity index (χ3n) is 5.13. The van der Waals surface area contributed by atoms with Crippen LogP contribution < -0.4 is 14.9 Å².